The van der Waals surface area contributed by atoms with Gasteiger partial charge in [0.15, 0.2) is 0 Å². The van der Waals surface area contributed by atoms with Gasteiger partial charge in [-0.1, -0.05) is 12.1 Å². The zero-order valence-electron chi connectivity index (χ0n) is 21.4. The molecule has 1 heterocycles. The van der Waals surface area contributed by atoms with E-state index in [1.807, 2.05) is 43.3 Å². The second-order valence-electron chi connectivity index (χ2n) is 10.8. The van der Waals surface area contributed by atoms with E-state index in [4.69, 9.17) is 9.97 Å². The lowest BCUT2D eigenvalue weighted by molar-refractivity contribution is -0.378. The maximum atomic E-state index is 11.4. The summed E-state index contributed by atoms with van der Waals surface area (Å²) in [5.74, 6) is 2.07. The van der Waals surface area contributed by atoms with Crippen LogP contribution in [0.3, 0.4) is 0 Å². The summed E-state index contributed by atoms with van der Waals surface area (Å²) in [7, 11) is 3.99. The van der Waals surface area contributed by atoms with E-state index in [0.29, 0.717) is 28.9 Å². The molecule has 0 aliphatic heterocycles. The van der Waals surface area contributed by atoms with Crippen molar-refractivity contribution < 1.29 is 10.0 Å². The normalized spacial score (nSPS) is 25.8. The molecule has 8 nitrogen and oxygen atoms in total. The fraction of sp³-hybridized carbons (Fsp3) is 0.464. The Morgan fingerprint density at radius 2 is 1.67 bits per heavy atom. The number of aromatic nitrogens is 2. The van der Waals surface area contributed by atoms with Crippen molar-refractivity contribution in [1.82, 2.24) is 9.97 Å². The lowest BCUT2D eigenvalue weighted by Gasteiger charge is -2.53. The number of aliphatic hydroxyl groups is 1. The zero-order valence-corrected chi connectivity index (χ0v) is 21.4. The number of hydrogen-bond donors (Lipinski definition) is 2. The van der Waals surface area contributed by atoms with Crippen molar-refractivity contribution in [2.24, 2.45) is 11.3 Å². The molecule has 190 valence electrons. The summed E-state index contributed by atoms with van der Waals surface area (Å²) < 4.78 is 0. The molecule has 5 rings (SSSR count). The first-order chi connectivity index (χ1) is 17.2. The van der Waals surface area contributed by atoms with Crippen LogP contribution >= 0.6 is 0 Å². The van der Waals surface area contributed by atoms with Gasteiger partial charge >= 0.3 is 0 Å². The minimum atomic E-state index is -0.342. The van der Waals surface area contributed by atoms with Crippen LogP contribution in [-0.2, 0) is 0 Å². The van der Waals surface area contributed by atoms with Crippen molar-refractivity contribution in [2.75, 3.05) is 24.3 Å². The van der Waals surface area contributed by atoms with E-state index in [-0.39, 0.29) is 21.9 Å². The molecule has 2 aromatic rings. The van der Waals surface area contributed by atoms with Gasteiger partial charge in [-0.15, -0.1) is 0 Å². The molecule has 2 fully saturated rings. The van der Waals surface area contributed by atoms with Gasteiger partial charge in [0.25, 0.3) is 0 Å². The third kappa shape index (κ3) is 4.18. The molecule has 8 heteroatoms. The van der Waals surface area contributed by atoms with E-state index in [1.165, 1.54) is 0 Å². The molecule has 1 unspecified atom stereocenters. The van der Waals surface area contributed by atoms with Crippen molar-refractivity contribution in [1.29, 1.82) is 0 Å². The Labute approximate surface area is 211 Å². The molecule has 1 atom stereocenters. The van der Waals surface area contributed by atoms with Crippen LogP contribution in [0, 0.1) is 21.7 Å². The summed E-state index contributed by atoms with van der Waals surface area (Å²) in [5.41, 5.74) is 3.07. The smallest absolute Gasteiger partial charge is 0.228 e. The number of anilines is 2. The van der Waals surface area contributed by atoms with Gasteiger partial charge in [0, 0.05) is 48.2 Å². The molecule has 2 N–H and O–H groups in total. The Morgan fingerprint density at radius 3 is 2.25 bits per heavy atom. The molecule has 3 aliphatic carbocycles. The summed E-state index contributed by atoms with van der Waals surface area (Å²) in [6.07, 6.45) is 9.63. The maximum Gasteiger partial charge on any atom is 0.228 e. The first-order valence-electron chi connectivity index (χ1n) is 12.7. The van der Waals surface area contributed by atoms with Crippen LogP contribution in [0.25, 0.3) is 10.9 Å². The van der Waals surface area contributed by atoms with Crippen LogP contribution in [0.4, 0.5) is 11.8 Å². The van der Waals surface area contributed by atoms with Crippen molar-refractivity contribution in [3.05, 3.63) is 69.3 Å². The number of hydrogen-bond acceptors (Lipinski definition) is 7. The summed E-state index contributed by atoms with van der Waals surface area (Å²) in [6, 6.07) is 8.36. The molecule has 0 amide bonds. The molecule has 36 heavy (non-hydrogen) atoms. The molecular formula is C28H34N5O3-. The first kappa shape index (κ1) is 24.2. The number of rotatable bonds is 4. The molecule has 3 aliphatic rings. The Balaban J connectivity index is 1.30. The number of allylic oxidation sites excluding steroid dienone is 6. The topological polar surface area (TPSA) is 110 Å². The molecule has 0 radical (unpaired) electrons. The lowest BCUT2D eigenvalue weighted by atomic mass is 9.52. The zero-order chi connectivity index (χ0) is 25.6. The molecule has 0 saturated heterocycles. The van der Waals surface area contributed by atoms with E-state index in [2.05, 4.69) is 5.32 Å². The lowest BCUT2D eigenvalue weighted by Crippen LogP contribution is -2.46. The number of para-hydroxylation sites is 1. The van der Waals surface area contributed by atoms with Gasteiger partial charge in [0.05, 0.1) is 5.52 Å². The Kier molecular flexibility index (Phi) is 6.14. The highest BCUT2D eigenvalue weighted by atomic mass is 16.8. The summed E-state index contributed by atoms with van der Waals surface area (Å²) in [5, 5.41) is 38.6. The highest BCUT2D eigenvalue weighted by Gasteiger charge is 2.50. The van der Waals surface area contributed by atoms with Crippen LogP contribution < -0.4 is 10.2 Å². The van der Waals surface area contributed by atoms with Crippen molar-refractivity contribution in [2.45, 2.75) is 58.4 Å². The monoisotopic (exact) mass is 488 g/mol. The SMILES string of the molecule is CC1=CC(=C(O)C2CCC23CCC(Nc2nc(N(C)C)c4ccccc4n2)CC3)C=C(C)C1=[N+]([O-])[O-]. The van der Waals surface area contributed by atoms with Gasteiger partial charge in [0.2, 0.25) is 11.7 Å². The summed E-state index contributed by atoms with van der Waals surface area (Å²) >= 11 is 0. The number of benzene rings is 1. The Hall–Kier alpha value is -3.55. The van der Waals surface area contributed by atoms with E-state index >= 15 is 0 Å². The quantitative estimate of drug-likeness (QED) is 0.327. The average Bonchev–Trinajstić information content (AvgIpc) is 2.82. The summed E-state index contributed by atoms with van der Waals surface area (Å²) in [4.78, 5) is 11.2. The Bertz CT molecular complexity index is 1290. The van der Waals surface area contributed by atoms with E-state index in [1.54, 1.807) is 26.0 Å². The second-order valence-corrected chi connectivity index (χ2v) is 10.8. The Morgan fingerprint density at radius 1 is 1.03 bits per heavy atom. The molecule has 1 aromatic carbocycles. The molecule has 2 saturated carbocycles. The van der Waals surface area contributed by atoms with Gasteiger partial charge in [-0.3, -0.25) is 0 Å². The second kappa shape index (κ2) is 9.15. The number of aliphatic hydroxyl groups excluding tert-OH is 1. The van der Waals surface area contributed by atoms with Gasteiger partial charge in [0.1, 0.15) is 11.6 Å². The molecule has 1 aromatic heterocycles. The van der Waals surface area contributed by atoms with Crippen molar-refractivity contribution in [3.63, 3.8) is 0 Å². The van der Waals surface area contributed by atoms with Crippen LogP contribution in [0.1, 0.15) is 52.4 Å². The third-order valence-corrected chi connectivity index (χ3v) is 8.29. The minimum Gasteiger partial charge on any atom is -0.612 e. The van der Waals surface area contributed by atoms with Crippen LogP contribution in [0.2, 0.25) is 0 Å². The summed E-state index contributed by atoms with van der Waals surface area (Å²) in [6.45, 7) is 3.48. The van der Waals surface area contributed by atoms with Crippen LogP contribution in [0.15, 0.2) is 58.9 Å². The van der Waals surface area contributed by atoms with E-state index in [9.17, 15) is 15.5 Å². The van der Waals surface area contributed by atoms with E-state index in [0.717, 1.165) is 60.8 Å². The largest absolute Gasteiger partial charge is 0.612 e. The van der Waals surface area contributed by atoms with Crippen molar-refractivity contribution in [3.8, 4) is 0 Å². The fourth-order valence-electron chi connectivity index (χ4n) is 6.30. The number of fused-ring (bicyclic) bond motifs is 1. The van der Waals surface area contributed by atoms with Gasteiger partial charge in [-0.2, -0.15) is 9.89 Å². The highest BCUT2D eigenvalue weighted by Crippen LogP contribution is 2.58. The van der Waals surface area contributed by atoms with Gasteiger partial charge < -0.3 is 25.7 Å². The predicted octanol–water partition coefficient (Wildman–Crippen LogP) is 5.61. The highest BCUT2D eigenvalue weighted by molar-refractivity contribution is 6.10. The number of nitrogens with zero attached hydrogens (tertiary/aromatic N) is 4. The van der Waals surface area contributed by atoms with E-state index < -0.39 is 0 Å². The molecule has 0 bridgehead atoms. The average molecular weight is 489 g/mol. The van der Waals surface area contributed by atoms with Crippen molar-refractivity contribution >= 4 is 28.4 Å². The molecule has 1 spiro atoms. The van der Waals surface area contributed by atoms with Gasteiger partial charge in [-0.25, -0.2) is 4.98 Å². The number of nitrogens with one attached hydrogen (secondary N) is 1. The third-order valence-electron chi connectivity index (χ3n) is 8.29. The maximum absolute atomic E-state index is 11.4. The fourth-order valence-corrected chi connectivity index (χ4v) is 6.30. The van der Waals surface area contributed by atoms with Crippen LogP contribution in [0.5, 0.6) is 0 Å². The predicted molar refractivity (Wildman–Crippen MR) is 144 cm³/mol. The van der Waals surface area contributed by atoms with Crippen LogP contribution in [-0.4, -0.2) is 45.8 Å². The minimum absolute atomic E-state index is 0.102. The first-order valence-corrected chi connectivity index (χ1v) is 12.7. The molecular weight excluding hydrogens is 454 g/mol. The standard InChI is InChI=1S/C28H34N5O3/c1-17-15-19(16-18(2)24(17)33(35)36)25(34)22-11-14-28(22)12-9-20(10-13-28)29-27-30-23-8-6-5-7-21(23)26(31-27)32(3)4/h5-8,15-16,20,22H,9-14H2,1-4H3,(H2-,29,30,31,34,35,36)/q-1. The van der Waals surface area contributed by atoms with Gasteiger partial charge in [-0.05, 0) is 82.1 Å².